The molecular formula is C37H41BrN8O6. The SMILES string of the molecule is CN1C[C@@H](Nc2cnn(C)c(=O)c2Br)C[C@@H](c2ccc(C(=O)N(C)C3CCN(c4cccc5c4C(=O)N(C4CCC(=O)NC4=O)C5=O)CC3)cc2)C1. The maximum atomic E-state index is 13.7. The van der Waals surface area contributed by atoms with Crippen LogP contribution >= 0.6 is 15.9 Å². The van der Waals surface area contributed by atoms with Crippen LogP contribution in [0.5, 0.6) is 0 Å². The quantitative estimate of drug-likeness (QED) is 0.343. The molecule has 0 bridgehead atoms. The number of rotatable bonds is 7. The highest BCUT2D eigenvalue weighted by Gasteiger charge is 2.46. The molecule has 0 aliphatic carbocycles. The number of piperidine rings is 3. The molecule has 4 aliphatic rings. The molecular weight excluding hydrogens is 732 g/mol. The van der Waals surface area contributed by atoms with Gasteiger partial charge in [0.25, 0.3) is 23.3 Å². The lowest BCUT2D eigenvalue weighted by Crippen LogP contribution is -2.54. The van der Waals surface area contributed by atoms with E-state index in [0.717, 1.165) is 30.0 Å². The fourth-order valence-electron chi connectivity index (χ4n) is 8.02. The van der Waals surface area contributed by atoms with Crippen LogP contribution in [-0.2, 0) is 16.6 Å². The molecule has 5 amide bonds. The molecule has 52 heavy (non-hydrogen) atoms. The van der Waals surface area contributed by atoms with E-state index in [1.807, 2.05) is 37.4 Å². The summed E-state index contributed by atoms with van der Waals surface area (Å²) in [5.41, 5.74) is 3.40. The second kappa shape index (κ2) is 14.3. The maximum absolute atomic E-state index is 13.7. The first-order valence-corrected chi connectivity index (χ1v) is 18.3. The number of benzene rings is 2. The van der Waals surface area contributed by atoms with Gasteiger partial charge in [0.15, 0.2) is 0 Å². The van der Waals surface area contributed by atoms with Crippen molar-refractivity contribution in [2.24, 2.45) is 7.05 Å². The fourth-order valence-corrected chi connectivity index (χ4v) is 8.49. The summed E-state index contributed by atoms with van der Waals surface area (Å²) in [5.74, 6) is -1.93. The summed E-state index contributed by atoms with van der Waals surface area (Å²) < 4.78 is 1.75. The predicted octanol–water partition coefficient (Wildman–Crippen LogP) is 2.58. The number of imide groups is 2. The number of nitrogens with one attached hydrogen (secondary N) is 2. The summed E-state index contributed by atoms with van der Waals surface area (Å²) >= 11 is 3.41. The lowest BCUT2D eigenvalue weighted by atomic mass is 9.87. The molecule has 14 nitrogen and oxygen atoms in total. The highest BCUT2D eigenvalue weighted by molar-refractivity contribution is 9.10. The van der Waals surface area contributed by atoms with E-state index < -0.39 is 29.7 Å². The normalized spacial score (nSPS) is 22.7. The number of anilines is 2. The number of carbonyl (C=O) groups excluding carboxylic acids is 5. The maximum Gasteiger partial charge on any atom is 0.282 e. The highest BCUT2D eigenvalue weighted by atomic mass is 79.9. The van der Waals surface area contributed by atoms with Gasteiger partial charge < -0.3 is 20.0 Å². The van der Waals surface area contributed by atoms with Crippen LogP contribution in [-0.4, -0.2) is 112 Å². The molecule has 2 aromatic carbocycles. The fraction of sp³-hybridized carbons (Fsp3) is 0.432. The minimum Gasteiger partial charge on any atom is -0.379 e. The van der Waals surface area contributed by atoms with Crippen molar-refractivity contribution in [2.75, 3.05) is 50.5 Å². The molecule has 3 fully saturated rings. The van der Waals surface area contributed by atoms with Crippen LogP contribution in [0, 0.1) is 0 Å². The Morgan fingerprint density at radius 2 is 1.69 bits per heavy atom. The van der Waals surface area contributed by atoms with Gasteiger partial charge >= 0.3 is 0 Å². The van der Waals surface area contributed by atoms with Crippen LogP contribution in [0.3, 0.4) is 0 Å². The Hall–Kier alpha value is -4.89. The molecule has 1 aromatic heterocycles. The van der Waals surface area contributed by atoms with Gasteiger partial charge in [-0.05, 0) is 84.4 Å². The molecule has 3 saturated heterocycles. The van der Waals surface area contributed by atoms with Crippen molar-refractivity contribution in [3.05, 3.63) is 85.7 Å². The van der Waals surface area contributed by atoms with Crippen LogP contribution < -0.4 is 21.1 Å². The number of aromatic nitrogens is 2. The van der Waals surface area contributed by atoms with Gasteiger partial charge in [0.2, 0.25) is 11.8 Å². The molecule has 3 aromatic rings. The van der Waals surface area contributed by atoms with Crippen LogP contribution in [0.25, 0.3) is 0 Å². The zero-order chi connectivity index (χ0) is 36.8. The number of fused-ring (bicyclic) bond motifs is 1. The average molecular weight is 774 g/mol. The Morgan fingerprint density at radius 1 is 0.962 bits per heavy atom. The minimum absolute atomic E-state index is 0.0139. The smallest absolute Gasteiger partial charge is 0.282 e. The minimum atomic E-state index is -1.02. The van der Waals surface area contributed by atoms with Crippen LogP contribution in [0.15, 0.2) is 57.9 Å². The highest BCUT2D eigenvalue weighted by Crippen LogP contribution is 2.36. The lowest BCUT2D eigenvalue weighted by molar-refractivity contribution is -0.136. The third kappa shape index (κ3) is 6.62. The van der Waals surface area contributed by atoms with Gasteiger partial charge in [-0.2, -0.15) is 5.10 Å². The molecule has 4 aliphatic heterocycles. The summed E-state index contributed by atoms with van der Waals surface area (Å²) in [5, 5.41) is 9.87. The molecule has 5 heterocycles. The van der Waals surface area contributed by atoms with Crippen molar-refractivity contribution in [1.82, 2.24) is 29.8 Å². The molecule has 0 radical (unpaired) electrons. The van der Waals surface area contributed by atoms with E-state index in [2.05, 4.69) is 48.5 Å². The van der Waals surface area contributed by atoms with Crippen LogP contribution in [0.1, 0.15) is 74.7 Å². The first-order valence-electron chi connectivity index (χ1n) is 17.5. The Kier molecular flexibility index (Phi) is 9.74. The average Bonchev–Trinajstić information content (AvgIpc) is 3.40. The van der Waals surface area contributed by atoms with Gasteiger partial charge in [0.05, 0.1) is 28.7 Å². The van der Waals surface area contributed by atoms with Gasteiger partial charge in [-0.15, -0.1) is 0 Å². The zero-order valence-corrected chi connectivity index (χ0v) is 30.9. The van der Waals surface area contributed by atoms with Gasteiger partial charge in [-0.25, -0.2) is 4.68 Å². The first kappa shape index (κ1) is 35.5. The second-order valence-corrected chi connectivity index (χ2v) is 15.0. The van der Waals surface area contributed by atoms with Crippen molar-refractivity contribution in [3.63, 3.8) is 0 Å². The van der Waals surface area contributed by atoms with Gasteiger partial charge in [-0.3, -0.25) is 39.0 Å². The monoisotopic (exact) mass is 772 g/mol. The molecule has 1 unspecified atom stereocenters. The van der Waals surface area contributed by atoms with Crippen molar-refractivity contribution < 1.29 is 24.0 Å². The van der Waals surface area contributed by atoms with E-state index in [4.69, 9.17) is 0 Å². The molecule has 0 spiro atoms. The van der Waals surface area contributed by atoms with E-state index in [9.17, 15) is 28.8 Å². The van der Waals surface area contributed by atoms with E-state index >= 15 is 0 Å². The van der Waals surface area contributed by atoms with Crippen LogP contribution in [0.4, 0.5) is 11.4 Å². The zero-order valence-electron chi connectivity index (χ0n) is 29.3. The number of likely N-dealkylation sites (N-methyl/N-ethyl adjacent to an activating group) is 1. The molecule has 7 rings (SSSR count). The number of amides is 5. The van der Waals surface area contributed by atoms with E-state index in [-0.39, 0.29) is 53.4 Å². The number of carbonyl (C=O) groups is 5. The summed E-state index contributed by atoms with van der Waals surface area (Å²) in [6.07, 6.45) is 4.03. The standard InChI is InChI=1S/C37H41BrN8O6/c1-42-19-23(17-24(20-42)40-27-18-39-44(3)37(52)32(27)38)21-7-9-22(10-8-21)34(49)43(2)25-13-15-45(16-14-25)28-6-4-5-26-31(28)36(51)46(35(26)50)29-11-12-30(47)41-33(29)48/h4-10,18,23-25,29,40H,11-17,19-20H2,1-3H3,(H,41,47,48)/t23-,24+,29?/m1/s1. The largest absolute Gasteiger partial charge is 0.379 e. The topological polar surface area (TPSA) is 157 Å². The summed E-state index contributed by atoms with van der Waals surface area (Å²) in [6, 6.07) is 12.1. The summed E-state index contributed by atoms with van der Waals surface area (Å²) in [7, 11) is 5.52. The van der Waals surface area contributed by atoms with Gasteiger partial charge in [0.1, 0.15) is 10.5 Å². The Balaban J connectivity index is 0.972. The molecule has 15 heteroatoms. The third-order valence-electron chi connectivity index (χ3n) is 10.8. The first-order chi connectivity index (χ1) is 24.9. The number of halogens is 1. The molecule has 0 saturated carbocycles. The Morgan fingerprint density at radius 3 is 2.40 bits per heavy atom. The summed E-state index contributed by atoms with van der Waals surface area (Å²) in [4.78, 5) is 84.3. The van der Waals surface area contributed by atoms with E-state index in [1.165, 1.54) is 4.68 Å². The van der Waals surface area contributed by atoms with Crippen LogP contribution in [0.2, 0.25) is 0 Å². The number of nitrogens with zero attached hydrogens (tertiary/aromatic N) is 6. The van der Waals surface area contributed by atoms with Crippen molar-refractivity contribution in [1.29, 1.82) is 0 Å². The number of hydrogen-bond acceptors (Lipinski definition) is 10. The van der Waals surface area contributed by atoms with Crippen molar-refractivity contribution >= 4 is 56.8 Å². The molecule has 2 N–H and O–H groups in total. The Labute approximate surface area is 309 Å². The Bertz CT molecular complexity index is 2010. The van der Waals surface area contributed by atoms with Crippen molar-refractivity contribution in [2.45, 2.75) is 56.1 Å². The second-order valence-electron chi connectivity index (χ2n) is 14.2. The van der Waals surface area contributed by atoms with E-state index in [0.29, 0.717) is 47.3 Å². The lowest BCUT2D eigenvalue weighted by Gasteiger charge is -2.38. The molecule has 3 atom stereocenters. The van der Waals surface area contributed by atoms with Gasteiger partial charge in [-0.1, -0.05) is 18.2 Å². The van der Waals surface area contributed by atoms with E-state index in [1.54, 1.807) is 30.3 Å². The number of aryl methyl sites for hydroxylation is 1. The number of hydrogen-bond donors (Lipinski definition) is 2. The predicted molar refractivity (Wildman–Crippen MR) is 196 cm³/mol. The summed E-state index contributed by atoms with van der Waals surface area (Å²) in [6.45, 7) is 2.85. The molecule has 272 valence electrons. The third-order valence-corrected chi connectivity index (χ3v) is 11.6. The van der Waals surface area contributed by atoms with Crippen molar-refractivity contribution in [3.8, 4) is 0 Å². The van der Waals surface area contributed by atoms with Gasteiger partial charge in [0, 0.05) is 64.3 Å². The number of likely N-dealkylation sites (tertiary alicyclic amines) is 1.